The van der Waals surface area contributed by atoms with Gasteiger partial charge >= 0.3 is 5.97 Å². The van der Waals surface area contributed by atoms with Crippen LogP contribution < -0.4 is 10.9 Å². The number of nitrogens with one attached hydrogen (secondary N) is 1. The Kier molecular flexibility index (Phi) is 4.42. The largest absolute Gasteiger partial charge is 0.467 e. The van der Waals surface area contributed by atoms with Gasteiger partial charge in [-0.15, -0.1) is 0 Å². The van der Waals surface area contributed by atoms with Crippen molar-refractivity contribution in [2.75, 3.05) is 12.4 Å². The molecule has 1 unspecified atom stereocenters. The molecule has 0 radical (unpaired) electrons. The predicted molar refractivity (Wildman–Crippen MR) is 75.6 cm³/mol. The van der Waals surface area contributed by atoms with Crippen molar-refractivity contribution >= 4 is 11.8 Å². The Balaban J connectivity index is 2.19. The molecule has 1 N–H and O–H groups in total. The molecule has 0 aromatic carbocycles. The lowest BCUT2D eigenvalue weighted by Crippen LogP contribution is -2.36. The van der Waals surface area contributed by atoms with Gasteiger partial charge in [0.05, 0.1) is 7.11 Å². The summed E-state index contributed by atoms with van der Waals surface area (Å²) in [5.74, 6) is 0.151. The molecule has 20 heavy (non-hydrogen) atoms. The molecule has 1 heterocycles. The van der Waals surface area contributed by atoms with Gasteiger partial charge in [0.25, 0.3) is 5.56 Å². The van der Waals surface area contributed by atoms with Crippen LogP contribution in [0.1, 0.15) is 39.2 Å². The highest BCUT2D eigenvalue weighted by molar-refractivity contribution is 5.78. The smallest absolute Gasteiger partial charge is 0.328 e. The van der Waals surface area contributed by atoms with E-state index in [0.29, 0.717) is 12.3 Å². The minimum atomic E-state index is -0.546. The lowest BCUT2D eigenvalue weighted by molar-refractivity contribution is -0.141. The summed E-state index contributed by atoms with van der Waals surface area (Å²) in [5.41, 5.74) is -0.173. The predicted octanol–water partition coefficient (Wildman–Crippen LogP) is 1.58. The second-order valence-corrected chi connectivity index (χ2v) is 5.57. The summed E-state index contributed by atoms with van der Waals surface area (Å²) in [6.07, 6.45) is 5.92. The SMILES string of the molecule is COC(=O)C(CC(C)C)Nc1nccn(C2CC2)c1=O. The van der Waals surface area contributed by atoms with Gasteiger partial charge in [-0.25, -0.2) is 9.78 Å². The summed E-state index contributed by atoms with van der Waals surface area (Å²) in [7, 11) is 1.35. The van der Waals surface area contributed by atoms with E-state index in [9.17, 15) is 9.59 Å². The summed E-state index contributed by atoms with van der Waals surface area (Å²) < 4.78 is 6.46. The minimum absolute atomic E-state index is 0.173. The van der Waals surface area contributed by atoms with Crippen molar-refractivity contribution in [3.05, 3.63) is 22.7 Å². The highest BCUT2D eigenvalue weighted by atomic mass is 16.5. The Morgan fingerprint density at radius 2 is 2.25 bits per heavy atom. The summed E-state index contributed by atoms with van der Waals surface area (Å²) in [5, 5.41) is 2.93. The van der Waals surface area contributed by atoms with Crippen molar-refractivity contribution in [1.29, 1.82) is 0 Å². The zero-order chi connectivity index (χ0) is 14.7. The van der Waals surface area contributed by atoms with Gasteiger partial charge in [0.15, 0.2) is 5.82 Å². The number of rotatable bonds is 6. The summed E-state index contributed by atoms with van der Waals surface area (Å²) in [6, 6.07) is -0.261. The number of methoxy groups -OCH3 is 1. The molecule has 1 atom stereocenters. The lowest BCUT2D eigenvalue weighted by atomic mass is 10.0. The molecule has 0 amide bonds. The fourth-order valence-electron chi connectivity index (χ4n) is 2.16. The molecule has 1 fully saturated rings. The van der Waals surface area contributed by atoms with Crippen molar-refractivity contribution in [3.63, 3.8) is 0 Å². The maximum Gasteiger partial charge on any atom is 0.328 e. The first-order valence-electron chi connectivity index (χ1n) is 6.94. The van der Waals surface area contributed by atoms with Crippen LogP contribution in [0.15, 0.2) is 17.2 Å². The number of ether oxygens (including phenoxy) is 1. The fraction of sp³-hybridized carbons (Fsp3) is 0.643. The van der Waals surface area contributed by atoms with Gasteiger partial charge in [-0.2, -0.15) is 0 Å². The number of carbonyl (C=O) groups is 1. The van der Waals surface area contributed by atoms with Crippen LogP contribution in [0.5, 0.6) is 0 Å². The molecule has 2 rings (SSSR count). The molecule has 110 valence electrons. The van der Waals surface area contributed by atoms with E-state index in [1.807, 2.05) is 13.8 Å². The van der Waals surface area contributed by atoms with E-state index in [4.69, 9.17) is 4.74 Å². The van der Waals surface area contributed by atoms with Crippen molar-refractivity contribution in [2.45, 2.75) is 45.2 Å². The summed E-state index contributed by atoms with van der Waals surface area (Å²) in [4.78, 5) is 28.1. The molecule has 1 saturated carbocycles. The molecular formula is C14H21N3O3. The van der Waals surface area contributed by atoms with Gasteiger partial charge in [-0.3, -0.25) is 4.79 Å². The second kappa shape index (κ2) is 6.07. The number of carbonyl (C=O) groups excluding carboxylic acids is 1. The van der Waals surface area contributed by atoms with Crippen LogP contribution in [-0.2, 0) is 9.53 Å². The van der Waals surface area contributed by atoms with E-state index < -0.39 is 6.04 Å². The van der Waals surface area contributed by atoms with Gasteiger partial charge < -0.3 is 14.6 Å². The van der Waals surface area contributed by atoms with Crippen LogP contribution in [0.2, 0.25) is 0 Å². The molecule has 6 nitrogen and oxygen atoms in total. The van der Waals surface area contributed by atoms with Gasteiger partial charge in [0.1, 0.15) is 6.04 Å². The molecule has 0 saturated heterocycles. The molecule has 6 heteroatoms. The topological polar surface area (TPSA) is 73.2 Å². The number of aromatic nitrogens is 2. The molecule has 1 aromatic heterocycles. The summed E-state index contributed by atoms with van der Waals surface area (Å²) in [6.45, 7) is 4.02. The van der Waals surface area contributed by atoms with Gasteiger partial charge in [0, 0.05) is 18.4 Å². The lowest BCUT2D eigenvalue weighted by Gasteiger charge is -2.18. The third-order valence-electron chi connectivity index (χ3n) is 3.31. The van der Waals surface area contributed by atoms with E-state index in [1.165, 1.54) is 7.11 Å². The van der Waals surface area contributed by atoms with E-state index >= 15 is 0 Å². The molecule has 1 aromatic rings. The zero-order valence-corrected chi connectivity index (χ0v) is 12.1. The zero-order valence-electron chi connectivity index (χ0n) is 12.1. The molecule has 0 spiro atoms. The molecule has 1 aliphatic carbocycles. The molecule has 0 aliphatic heterocycles. The van der Waals surface area contributed by atoms with Crippen LogP contribution in [0.4, 0.5) is 5.82 Å². The first kappa shape index (κ1) is 14.6. The maximum absolute atomic E-state index is 12.3. The number of anilines is 1. The number of nitrogens with zero attached hydrogens (tertiary/aromatic N) is 2. The van der Waals surface area contributed by atoms with Gasteiger partial charge in [-0.05, 0) is 25.2 Å². The summed E-state index contributed by atoms with van der Waals surface area (Å²) >= 11 is 0. The normalized spacial score (nSPS) is 16.0. The Morgan fingerprint density at radius 1 is 1.55 bits per heavy atom. The average molecular weight is 279 g/mol. The number of hydrogen-bond acceptors (Lipinski definition) is 5. The first-order valence-corrected chi connectivity index (χ1v) is 6.94. The molecule has 0 bridgehead atoms. The quantitative estimate of drug-likeness (QED) is 0.800. The van der Waals surface area contributed by atoms with Crippen LogP contribution in [0, 0.1) is 5.92 Å². The van der Waals surface area contributed by atoms with E-state index in [2.05, 4.69) is 10.3 Å². The number of hydrogen-bond donors (Lipinski definition) is 1. The third kappa shape index (κ3) is 3.37. The highest BCUT2D eigenvalue weighted by Gasteiger charge is 2.27. The van der Waals surface area contributed by atoms with Crippen LogP contribution >= 0.6 is 0 Å². The standard InChI is InChI=1S/C14H21N3O3/c1-9(2)8-11(14(19)20-3)16-12-13(18)17(7-6-15-12)10-4-5-10/h6-7,9-11H,4-5,8H2,1-3H3,(H,15,16). The van der Waals surface area contributed by atoms with Crippen LogP contribution in [0.25, 0.3) is 0 Å². The Labute approximate surface area is 118 Å². The van der Waals surface area contributed by atoms with Crippen molar-refractivity contribution in [2.24, 2.45) is 5.92 Å². The van der Waals surface area contributed by atoms with E-state index in [-0.39, 0.29) is 23.4 Å². The third-order valence-corrected chi connectivity index (χ3v) is 3.31. The molecular weight excluding hydrogens is 258 g/mol. The Bertz CT molecular complexity index is 535. The average Bonchev–Trinajstić information content (AvgIpc) is 3.23. The Hall–Kier alpha value is -1.85. The highest BCUT2D eigenvalue weighted by Crippen LogP contribution is 2.33. The number of esters is 1. The van der Waals surface area contributed by atoms with Crippen LogP contribution in [-0.4, -0.2) is 28.7 Å². The minimum Gasteiger partial charge on any atom is -0.467 e. The monoisotopic (exact) mass is 279 g/mol. The van der Waals surface area contributed by atoms with Crippen molar-refractivity contribution < 1.29 is 9.53 Å². The van der Waals surface area contributed by atoms with Crippen molar-refractivity contribution in [3.8, 4) is 0 Å². The van der Waals surface area contributed by atoms with Crippen LogP contribution in [0.3, 0.4) is 0 Å². The Morgan fingerprint density at radius 3 is 2.80 bits per heavy atom. The van der Waals surface area contributed by atoms with E-state index in [0.717, 1.165) is 12.8 Å². The fourth-order valence-corrected chi connectivity index (χ4v) is 2.16. The van der Waals surface area contributed by atoms with Gasteiger partial charge in [-0.1, -0.05) is 13.8 Å². The first-order chi connectivity index (χ1) is 9.52. The van der Waals surface area contributed by atoms with Crippen molar-refractivity contribution in [1.82, 2.24) is 9.55 Å². The van der Waals surface area contributed by atoms with Gasteiger partial charge in [0.2, 0.25) is 0 Å². The molecule has 1 aliphatic rings. The van der Waals surface area contributed by atoms with E-state index in [1.54, 1.807) is 17.0 Å². The second-order valence-electron chi connectivity index (χ2n) is 5.57. The maximum atomic E-state index is 12.3.